The molecule has 118 valence electrons. The summed E-state index contributed by atoms with van der Waals surface area (Å²) in [5.41, 5.74) is 8.18. The predicted octanol–water partition coefficient (Wildman–Crippen LogP) is 2.27. The molecule has 2 aliphatic rings. The lowest BCUT2D eigenvalue weighted by atomic mass is 9.79. The van der Waals surface area contributed by atoms with Crippen LogP contribution in [0, 0.1) is 5.92 Å². The lowest BCUT2D eigenvalue weighted by Gasteiger charge is -2.42. The molecule has 5 nitrogen and oxygen atoms in total. The van der Waals surface area contributed by atoms with Gasteiger partial charge in [-0.3, -0.25) is 4.98 Å². The van der Waals surface area contributed by atoms with Crippen molar-refractivity contribution in [3.05, 3.63) is 41.9 Å². The SMILES string of the molecule is CC1=CC(N)(C2CCCCC2)NC(=NCc2ccccn2)N1. The van der Waals surface area contributed by atoms with Crippen molar-refractivity contribution in [1.29, 1.82) is 0 Å². The summed E-state index contributed by atoms with van der Waals surface area (Å²) < 4.78 is 0. The minimum absolute atomic E-state index is 0.471. The number of pyridine rings is 1. The monoisotopic (exact) mass is 299 g/mol. The molecule has 1 aromatic heterocycles. The molecule has 1 aromatic rings. The van der Waals surface area contributed by atoms with E-state index < -0.39 is 5.66 Å². The van der Waals surface area contributed by atoms with Crippen molar-refractivity contribution in [2.45, 2.75) is 51.2 Å². The maximum Gasteiger partial charge on any atom is 0.197 e. The summed E-state index contributed by atoms with van der Waals surface area (Å²) in [6.45, 7) is 2.59. The fourth-order valence-corrected chi connectivity index (χ4v) is 3.38. The molecule has 0 aromatic carbocycles. The Hall–Kier alpha value is -1.88. The maximum absolute atomic E-state index is 6.66. The molecule has 1 saturated carbocycles. The second kappa shape index (κ2) is 6.48. The average molecular weight is 299 g/mol. The molecule has 0 bridgehead atoms. The van der Waals surface area contributed by atoms with Crippen LogP contribution in [0.25, 0.3) is 0 Å². The van der Waals surface area contributed by atoms with Crippen LogP contribution in [0.5, 0.6) is 0 Å². The van der Waals surface area contributed by atoms with Gasteiger partial charge in [0.25, 0.3) is 0 Å². The highest BCUT2D eigenvalue weighted by Gasteiger charge is 2.36. The van der Waals surface area contributed by atoms with Crippen molar-refractivity contribution < 1.29 is 0 Å². The molecule has 5 heteroatoms. The Morgan fingerprint density at radius 3 is 2.86 bits per heavy atom. The zero-order valence-electron chi connectivity index (χ0n) is 13.2. The molecular weight excluding hydrogens is 274 g/mol. The molecule has 1 aliphatic heterocycles. The van der Waals surface area contributed by atoms with Gasteiger partial charge in [-0.2, -0.15) is 0 Å². The summed E-state index contributed by atoms with van der Waals surface area (Å²) in [4.78, 5) is 8.91. The number of nitrogens with two attached hydrogens (primary N) is 1. The number of aromatic nitrogens is 1. The second-order valence-electron chi connectivity index (χ2n) is 6.33. The molecule has 1 unspecified atom stereocenters. The van der Waals surface area contributed by atoms with Gasteiger partial charge in [-0.25, -0.2) is 4.99 Å². The van der Waals surface area contributed by atoms with Crippen molar-refractivity contribution >= 4 is 5.96 Å². The molecule has 4 N–H and O–H groups in total. The molecule has 1 atom stereocenters. The highest BCUT2D eigenvalue weighted by atomic mass is 15.3. The van der Waals surface area contributed by atoms with Crippen LogP contribution in [0.4, 0.5) is 0 Å². The lowest BCUT2D eigenvalue weighted by molar-refractivity contribution is 0.227. The first-order valence-electron chi connectivity index (χ1n) is 8.14. The number of rotatable bonds is 3. The predicted molar refractivity (Wildman–Crippen MR) is 88.9 cm³/mol. The van der Waals surface area contributed by atoms with Gasteiger partial charge in [0.2, 0.25) is 0 Å². The van der Waals surface area contributed by atoms with Gasteiger partial charge in [0.05, 0.1) is 12.2 Å². The summed E-state index contributed by atoms with van der Waals surface area (Å²) in [6, 6.07) is 5.87. The fraction of sp³-hybridized carbons (Fsp3) is 0.529. The summed E-state index contributed by atoms with van der Waals surface area (Å²) in [5.74, 6) is 1.22. The number of aliphatic imine (C=N–C) groups is 1. The maximum atomic E-state index is 6.66. The number of nitrogens with one attached hydrogen (secondary N) is 2. The van der Waals surface area contributed by atoms with E-state index in [1.807, 2.05) is 25.1 Å². The van der Waals surface area contributed by atoms with Crippen LogP contribution in [0.2, 0.25) is 0 Å². The van der Waals surface area contributed by atoms with Crippen LogP contribution in [0.3, 0.4) is 0 Å². The molecule has 0 radical (unpaired) electrons. The van der Waals surface area contributed by atoms with Crippen molar-refractivity contribution in [2.75, 3.05) is 0 Å². The van der Waals surface area contributed by atoms with Gasteiger partial charge >= 0.3 is 0 Å². The Labute approximate surface area is 132 Å². The van der Waals surface area contributed by atoms with E-state index in [-0.39, 0.29) is 0 Å². The molecule has 0 amide bonds. The van der Waals surface area contributed by atoms with Gasteiger partial charge in [0.1, 0.15) is 5.66 Å². The first kappa shape index (κ1) is 15.0. The van der Waals surface area contributed by atoms with Crippen LogP contribution in [-0.2, 0) is 6.54 Å². The van der Waals surface area contributed by atoms with Crippen molar-refractivity contribution in [2.24, 2.45) is 16.6 Å². The third-order valence-corrected chi connectivity index (χ3v) is 4.51. The summed E-state index contributed by atoms with van der Waals surface area (Å²) in [7, 11) is 0. The molecule has 1 aliphatic carbocycles. The molecular formula is C17H25N5. The minimum Gasteiger partial charge on any atom is -0.334 e. The number of allylic oxidation sites excluding steroid dienone is 1. The molecule has 22 heavy (non-hydrogen) atoms. The quantitative estimate of drug-likeness (QED) is 0.800. The average Bonchev–Trinajstić information content (AvgIpc) is 2.54. The highest BCUT2D eigenvalue weighted by molar-refractivity contribution is 5.83. The van der Waals surface area contributed by atoms with E-state index in [9.17, 15) is 0 Å². The Morgan fingerprint density at radius 1 is 1.32 bits per heavy atom. The third kappa shape index (κ3) is 3.47. The van der Waals surface area contributed by atoms with Crippen LogP contribution in [0.1, 0.15) is 44.7 Å². The third-order valence-electron chi connectivity index (χ3n) is 4.51. The van der Waals surface area contributed by atoms with Gasteiger partial charge in [-0.05, 0) is 43.9 Å². The van der Waals surface area contributed by atoms with E-state index in [1.165, 1.54) is 32.1 Å². The van der Waals surface area contributed by atoms with Crippen molar-refractivity contribution in [3.63, 3.8) is 0 Å². The minimum atomic E-state index is -0.487. The van der Waals surface area contributed by atoms with Gasteiger partial charge in [-0.1, -0.05) is 25.3 Å². The highest BCUT2D eigenvalue weighted by Crippen LogP contribution is 2.32. The first-order valence-corrected chi connectivity index (χ1v) is 8.14. The van der Waals surface area contributed by atoms with Gasteiger partial charge < -0.3 is 16.4 Å². The Balaban J connectivity index is 1.73. The van der Waals surface area contributed by atoms with Crippen molar-refractivity contribution in [1.82, 2.24) is 15.6 Å². The van der Waals surface area contributed by atoms with Gasteiger partial charge in [-0.15, -0.1) is 0 Å². The van der Waals surface area contributed by atoms with E-state index in [0.717, 1.165) is 17.4 Å². The van der Waals surface area contributed by atoms with Crippen LogP contribution in [0.15, 0.2) is 41.2 Å². The summed E-state index contributed by atoms with van der Waals surface area (Å²) in [5, 5.41) is 6.69. The largest absolute Gasteiger partial charge is 0.334 e. The van der Waals surface area contributed by atoms with E-state index in [0.29, 0.717) is 12.5 Å². The molecule has 3 rings (SSSR count). The number of hydrogen-bond acceptors (Lipinski definition) is 3. The van der Waals surface area contributed by atoms with E-state index >= 15 is 0 Å². The standard InChI is InChI=1S/C17H25N5/c1-13-11-17(18,14-7-3-2-4-8-14)22-16(21-13)20-12-15-9-5-6-10-19-15/h5-6,9-11,14H,2-4,7-8,12,18H2,1H3,(H2,20,21,22). The van der Waals surface area contributed by atoms with Crippen molar-refractivity contribution in [3.8, 4) is 0 Å². The van der Waals surface area contributed by atoms with E-state index in [4.69, 9.17) is 5.73 Å². The number of guanidine groups is 1. The smallest absolute Gasteiger partial charge is 0.197 e. The van der Waals surface area contributed by atoms with Crippen LogP contribution >= 0.6 is 0 Å². The lowest BCUT2D eigenvalue weighted by Crippen LogP contribution is -2.65. The number of nitrogens with zero attached hydrogens (tertiary/aromatic N) is 2. The Kier molecular flexibility index (Phi) is 4.43. The molecule has 0 saturated heterocycles. The zero-order valence-corrected chi connectivity index (χ0v) is 13.2. The first-order chi connectivity index (χ1) is 10.7. The van der Waals surface area contributed by atoms with Gasteiger partial charge in [0, 0.05) is 11.9 Å². The van der Waals surface area contributed by atoms with E-state index in [1.54, 1.807) is 6.20 Å². The molecule has 1 fully saturated rings. The summed E-state index contributed by atoms with van der Waals surface area (Å²) in [6.07, 6.45) is 10.1. The molecule has 2 heterocycles. The zero-order chi connectivity index (χ0) is 15.4. The Bertz CT molecular complexity index is 560. The van der Waals surface area contributed by atoms with Gasteiger partial charge in [0.15, 0.2) is 5.96 Å². The number of hydrogen-bond donors (Lipinski definition) is 3. The van der Waals surface area contributed by atoms with Crippen LogP contribution < -0.4 is 16.4 Å². The Morgan fingerprint density at radius 2 is 2.14 bits per heavy atom. The topological polar surface area (TPSA) is 75.3 Å². The molecule has 0 spiro atoms. The second-order valence-corrected chi connectivity index (χ2v) is 6.33. The summed E-state index contributed by atoms with van der Waals surface area (Å²) >= 11 is 0. The van der Waals surface area contributed by atoms with Crippen LogP contribution in [-0.4, -0.2) is 16.6 Å². The van der Waals surface area contributed by atoms with E-state index in [2.05, 4.69) is 26.7 Å². The fourth-order valence-electron chi connectivity index (χ4n) is 3.38. The normalized spacial score (nSPS) is 27.9.